The van der Waals surface area contributed by atoms with Gasteiger partial charge in [0.1, 0.15) is 0 Å². The zero-order valence-electron chi connectivity index (χ0n) is 12.3. The first kappa shape index (κ1) is 15.8. The number of rotatable bonds is 4. The summed E-state index contributed by atoms with van der Waals surface area (Å²) in [7, 11) is -2.93. The van der Waals surface area contributed by atoms with E-state index in [0.717, 1.165) is 12.8 Å². The van der Waals surface area contributed by atoms with Gasteiger partial charge in [-0.15, -0.1) is 0 Å². The second-order valence-electron chi connectivity index (χ2n) is 6.51. The lowest BCUT2D eigenvalue weighted by atomic mass is 10.0. The van der Waals surface area contributed by atoms with E-state index in [4.69, 9.17) is 0 Å². The van der Waals surface area contributed by atoms with Crippen LogP contribution in [0.5, 0.6) is 0 Å². The first-order valence-corrected chi connectivity index (χ1v) is 9.46. The van der Waals surface area contributed by atoms with E-state index < -0.39 is 15.4 Å². The Morgan fingerprint density at radius 2 is 1.85 bits per heavy atom. The van der Waals surface area contributed by atoms with Crippen LogP contribution in [-0.2, 0) is 14.6 Å². The Balaban J connectivity index is 1.75. The highest BCUT2D eigenvalue weighted by Gasteiger charge is 2.38. The summed E-state index contributed by atoms with van der Waals surface area (Å²) in [6.45, 7) is 2.10. The maximum absolute atomic E-state index is 12.0. The van der Waals surface area contributed by atoms with Crippen LogP contribution in [0.2, 0.25) is 0 Å². The maximum atomic E-state index is 12.0. The molecule has 1 amide bonds. The molecule has 5 nitrogen and oxygen atoms in total. The minimum atomic E-state index is -2.93. The molecule has 1 atom stereocenters. The van der Waals surface area contributed by atoms with E-state index in [9.17, 15) is 13.2 Å². The third-order valence-electron chi connectivity index (χ3n) is 4.40. The van der Waals surface area contributed by atoms with Crippen LogP contribution in [0.3, 0.4) is 0 Å². The van der Waals surface area contributed by atoms with E-state index in [1.165, 1.54) is 25.7 Å². The molecule has 1 heterocycles. The number of carbonyl (C=O) groups excluding carboxylic acids is 1. The van der Waals surface area contributed by atoms with E-state index in [1.54, 1.807) is 0 Å². The van der Waals surface area contributed by atoms with Gasteiger partial charge < -0.3 is 10.6 Å². The van der Waals surface area contributed by atoms with Crippen LogP contribution in [0.25, 0.3) is 0 Å². The summed E-state index contributed by atoms with van der Waals surface area (Å²) in [6, 6.07) is 0.298. The fourth-order valence-corrected chi connectivity index (χ4v) is 5.27. The summed E-state index contributed by atoms with van der Waals surface area (Å²) >= 11 is 0. The zero-order chi connectivity index (χ0) is 14.6. The fraction of sp³-hybridized carbons (Fsp3) is 0.929. The molecule has 2 fully saturated rings. The molecule has 0 aromatic carbocycles. The molecule has 20 heavy (non-hydrogen) atoms. The smallest absolute Gasteiger partial charge is 0.234 e. The van der Waals surface area contributed by atoms with Crippen molar-refractivity contribution in [1.82, 2.24) is 10.6 Å². The average Bonchev–Trinajstić information content (AvgIpc) is 2.57. The monoisotopic (exact) mass is 302 g/mol. The summed E-state index contributed by atoms with van der Waals surface area (Å²) in [6.07, 6.45) is 7.63. The molecule has 1 saturated carbocycles. The molecule has 1 unspecified atom stereocenters. The minimum absolute atomic E-state index is 0.0116. The molecule has 2 rings (SSSR count). The molecule has 0 aromatic rings. The lowest BCUT2D eigenvalue weighted by Gasteiger charge is -2.24. The molecule has 1 aliphatic heterocycles. The standard InChI is InChI=1S/C14H26N2O3S/c1-14(8-9-20(18,19)11-14)15-10-13(17)16-12-6-4-2-3-5-7-12/h12,15H,2-11H2,1H3,(H,16,17). The quantitative estimate of drug-likeness (QED) is 0.760. The van der Waals surface area contributed by atoms with E-state index in [-0.39, 0.29) is 24.0 Å². The van der Waals surface area contributed by atoms with Gasteiger partial charge in [-0.2, -0.15) is 0 Å². The molecule has 0 spiro atoms. The van der Waals surface area contributed by atoms with E-state index >= 15 is 0 Å². The van der Waals surface area contributed by atoms with Gasteiger partial charge in [0.15, 0.2) is 9.84 Å². The molecule has 0 radical (unpaired) electrons. The normalized spacial score (nSPS) is 30.9. The summed E-state index contributed by atoms with van der Waals surface area (Å²) < 4.78 is 23.0. The van der Waals surface area contributed by atoms with Crippen molar-refractivity contribution in [3.05, 3.63) is 0 Å². The van der Waals surface area contributed by atoms with Crippen LogP contribution in [0.1, 0.15) is 51.9 Å². The second kappa shape index (κ2) is 6.43. The highest BCUT2D eigenvalue weighted by molar-refractivity contribution is 7.91. The van der Waals surface area contributed by atoms with Gasteiger partial charge in [-0.3, -0.25) is 4.79 Å². The minimum Gasteiger partial charge on any atom is -0.352 e. The molecule has 2 N–H and O–H groups in total. The highest BCUT2D eigenvalue weighted by atomic mass is 32.2. The number of hydrogen-bond donors (Lipinski definition) is 2. The van der Waals surface area contributed by atoms with Crippen LogP contribution in [0.4, 0.5) is 0 Å². The summed E-state index contributed by atoms with van der Waals surface area (Å²) in [5.41, 5.74) is -0.445. The predicted molar refractivity (Wildman–Crippen MR) is 79.3 cm³/mol. The van der Waals surface area contributed by atoms with E-state index in [0.29, 0.717) is 12.5 Å². The third kappa shape index (κ3) is 4.74. The van der Waals surface area contributed by atoms with Crippen molar-refractivity contribution in [1.29, 1.82) is 0 Å². The second-order valence-corrected chi connectivity index (χ2v) is 8.70. The first-order chi connectivity index (χ1) is 9.39. The Morgan fingerprint density at radius 1 is 1.20 bits per heavy atom. The van der Waals surface area contributed by atoms with Gasteiger partial charge in [0.25, 0.3) is 0 Å². The number of carbonyl (C=O) groups is 1. The zero-order valence-corrected chi connectivity index (χ0v) is 13.1. The first-order valence-electron chi connectivity index (χ1n) is 7.63. The number of amides is 1. The average molecular weight is 302 g/mol. The van der Waals surface area contributed by atoms with Gasteiger partial charge in [-0.05, 0) is 26.2 Å². The topological polar surface area (TPSA) is 75.3 Å². The molecule has 116 valence electrons. The van der Waals surface area contributed by atoms with Crippen LogP contribution in [0.15, 0.2) is 0 Å². The van der Waals surface area contributed by atoms with Crippen molar-refractivity contribution in [3.63, 3.8) is 0 Å². The van der Waals surface area contributed by atoms with Crippen molar-refractivity contribution in [2.24, 2.45) is 0 Å². The van der Waals surface area contributed by atoms with Gasteiger partial charge in [0, 0.05) is 11.6 Å². The van der Waals surface area contributed by atoms with Crippen LogP contribution >= 0.6 is 0 Å². The molecule has 0 bridgehead atoms. The molecule has 1 saturated heterocycles. The van der Waals surface area contributed by atoms with Crippen LogP contribution < -0.4 is 10.6 Å². The molecule has 6 heteroatoms. The molecule has 2 aliphatic rings. The van der Waals surface area contributed by atoms with Gasteiger partial charge in [-0.25, -0.2) is 8.42 Å². The maximum Gasteiger partial charge on any atom is 0.234 e. The number of sulfone groups is 1. The lowest BCUT2D eigenvalue weighted by molar-refractivity contribution is -0.121. The van der Waals surface area contributed by atoms with E-state index in [2.05, 4.69) is 10.6 Å². The molecule has 0 aromatic heterocycles. The van der Waals surface area contributed by atoms with Gasteiger partial charge in [0.05, 0.1) is 18.1 Å². The lowest BCUT2D eigenvalue weighted by Crippen LogP contribution is -2.49. The van der Waals surface area contributed by atoms with Gasteiger partial charge in [0.2, 0.25) is 5.91 Å². The van der Waals surface area contributed by atoms with E-state index in [1.807, 2.05) is 6.92 Å². The largest absolute Gasteiger partial charge is 0.352 e. The number of nitrogens with one attached hydrogen (secondary N) is 2. The Labute approximate surface area is 121 Å². The third-order valence-corrected chi connectivity index (χ3v) is 6.30. The van der Waals surface area contributed by atoms with Crippen LogP contribution in [-0.4, -0.2) is 44.0 Å². The molecular formula is C14H26N2O3S. The Morgan fingerprint density at radius 3 is 2.40 bits per heavy atom. The van der Waals surface area contributed by atoms with Crippen molar-refractivity contribution in [2.75, 3.05) is 18.1 Å². The Bertz CT molecular complexity index is 441. The van der Waals surface area contributed by atoms with Crippen molar-refractivity contribution >= 4 is 15.7 Å². The van der Waals surface area contributed by atoms with Crippen molar-refractivity contribution in [3.8, 4) is 0 Å². The highest BCUT2D eigenvalue weighted by Crippen LogP contribution is 2.22. The molecular weight excluding hydrogens is 276 g/mol. The fourth-order valence-electron chi connectivity index (χ4n) is 3.15. The van der Waals surface area contributed by atoms with Crippen molar-refractivity contribution < 1.29 is 13.2 Å². The summed E-state index contributed by atoms with van der Waals surface area (Å²) in [5.74, 6) is 0.347. The van der Waals surface area contributed by atoms with Crippen LogP contribution in [0, 0.1) is 0 Å². The Kier molecular flexibility index (Phi) is 5.07. The SMILES string of the molecule is CC1(NCC(=O)NC2CCCCCC2)CCS(=O)(=O)C1. The summed E-state index contributed by atoms with van der Waals surface area (Å²) in [4.78, 5) is 12.0. The predicted octanol–water partition coefficient (Wildman–Crippen LogP) is 0.992. The number of hydrogen-bond acceptors (Lipinski definition) is 4. The van der Waals surface area contributed by atoms with Crippen molar-refractivity contribution in [2.45, 2.75) is 63.5 Å². The van der Waals surface area contributed by atoms with Gasteiger partial charge >= 0.3 is 0 Å². The Hall–Kier alpha value is -0.620. The van der Waals surface area contributed by atoms with Gasteiger partial charge in [-0.1, -0.05) is 25.7 Å². The summed E-state index contributed by atoms with van der Waals surface area (Å²) in [5, 5.41) is 6.20. The molecule has 1 aliphatic carbocycles.